The van der Waals surface area contributed by atoms with Gasteiger partial charge in [0.25, 0.3) is 11.8 Å². The molecule has 148 valence electrons. The Labute approximate surface area is 156 Å². The van der Waals surface area contributed by atoms with Crippen molar-refractivity contribution in [3.63, 3.8) is 0 Å². The van der Waals surface area contributed by atoms with E-state index in [9.17, 15) is 28.9 Å². The highest BCUT2D eigenvalue weighted by atomic mass is 16.3. The summed E-state index contributed by atoms with van der Waals surface area (Å²) in [5.74, 6) is -2.75. The van der Waals surface area contributed by atoms with Crippen LogP contribution in [0.25, 0.3) is 0 Å². The number of carbonyl (C=O) groups excluding carboxylic acids is 5. The lowest BCUT2D eigenvalue weighted by molar-refractivity contribution is -0.137. The molecule has 2 N–H and O–H groups in total. The van der Waals surface area contributed by atoms with Gasteiger partial charge in [0.05, 0.1) is 0 Å². The summed E-state index contributed by atoms with van der Waals surface area (Å²) in [4.78, 5) is 68.9. The minimum Gasteiger partial charge on any atom is -0.345 e. The molecule has 1 heterocycles. The smallest absolute Gasteiger partial charge is 0.305 e. The highest BCUT2D eigenvalue weighted by Crippen LogP contribution is 2.08. The Balaban J connectivity index is 2.30. The molecule has 10 nitrogen and oxygen atoms in total. The van der Waals surface area contributed by atoms with E-state index in [4.69, 9.17) is 0 Å². The van der Waals surface area contributed by atoms with Crippen LogP contribution in [-0.2, 0) is 24.0 Å². The molecular formula is C17H24N4O6. The Kier molecular flexibility index (Phi) is 8.97. The third-order valence-electron chi connectivity index (χ3n) is 3.97. The molecule has 0 spiro atoms. The summed E-state index contributed by atoms with van der Waals surface area (Å²) in [7, 11) is 0. The van der Waals surface area contributed by atoms with Gasteiger partial charge in [-0.1, -0.05) is 20.3 Å². The zero-order chi connectivity index (χ0) is 20.4. The second-order valence-corrected chi connectivity index (χ2v) is 6.46. The minimum absolute atomic E-state index is 0.186. The predicted molar refractivity (Wildman–Crippen MR) is 94.9 cm³/mol. The molecule has 0 radical (unpaired) electrons. The summed E-state index contributed by atoms with van der Waals surface area (Å²) >= 11 is 0. The van der Waals surface area contributed by atoms with Gasteiger partial charge in [0, 0.05) is 30.3 Å². The molecule has 1 aliphatic rings. The molecule has 0 aromatic rings. The number of hydrogen-bond acceptors (Lipinski definition) is 6. The third kappa shape index (κ3) is 7.47. The number of unbranched alkanes of at least 4 members (excludes halogenated alkanes) is 2. The molecular weight excluding hydrogens is 356 g/mol. The molecule has 0 fully saturated rings. The molecule has 5 amide bonds. The van der Waals surface area contributed by atoms with Crippen molar-refractivity contribution in [1.29, 1.82) is 0 Å². The van der Waals surface area contributed by atoms with Crippen LogP contribution in [0.3, 0.4) is 0 Å². The van der Waals surface area contributed by atoms with Gasteiger partial charge in [-0.25, -0.2) is 0 Å². The topological polar surface area (TPSA) is 142 Å². The lowest BCUT2D eigenvalue weighted by Crippen LogP contribution is -2.50. The number of nitroso groups, excluding NO2 is 1. The molecule has 0 aromatic heterocycles. The van der Waals surface area contributed by atoms with Gasteiger partial charge < -0.3 is 10.6 Å². The Bertz CT molecular complexity index is 625. The van der Waals surface area contributed by atoms with E-state index >= 15 is 0 Å². The van der Waals surface area contributed by atoms with E-state index in [1.807, 2.05) is 0 Å². The van der Waals surface area contributed by atoms with Crippen molar-refractivity contribution in [2.45, 2.75) is 45.6 Å². The molecule has 0 saturated heterocycles. The van der Waals surface area contributed by atoms with Crippen LogP contribution in [0, 0.1) is 10.8 Å². The number of amides is 5. The Morgan fingerprint density at radius 1 is 1.07 bits per heavy atom. The van der Waals surface area contributed by atoms with Crippen LogP contribution in [0.15, 0.2) is 17.3 Å². The molecule has 1 unspecified atom stereocenters. The number of nitrogens with zero attached hydrogens (tertiary/aromatic N) is 2. The van der Waals surface area contributed by atoms with Crippen LogP contribution < -0.4 is 10.6 Å². The monoisotopic (exact) mass is 380 g/mol. The number of imide groups is 1. The van der Waals surface area contributed by atoms with E-state index < -0.39 is 24.4 Å². The van der Waals surface area contributed by atoms with Crippen molar-refractivity contribution in [2.75, 3.05) is 13.1 Å². The van der Waals surface area contributed by atoms with Crippen LogP contribution in [0.1, 0.15) is 39.5 Å². The van der Waals surface area contributed by atoms with E-state index in [-0.39, 0.29) is 30.1 Å². The van der Waals surface area contributed by atoms with Gasteiger partial charge in [-0.15, -0.1) is 4.91 Å². The highest BCUT2D eigenvalue weighted by molar-refractivity contribution is 6.12. The molecule has 10 heteroatoms. The quantitative estimate of drug-likeness (QED) is 0.294. The lowest BCUT2D eigenvalue weighted by atomic mass is 10.0. The second kappa shape index (κ2) is 10.9. The number of carbonyl (C=O) groups is 5. The molecule has 1 rings (SSSR count). The standard InChI is InChI=1S/C17H24N4O6/c1-11(2)16(17(26)18-10-13(23)20-27)19-12(22)6-4-3-5-9-21-14(24)7-8-15(21)25/h7-8,11,16H,3-6,9-10H2,1-2H3,(H,18,26)(H,19,22). The highest BCUT2D eigenvalue weighted by Gasteiger charge is 2.25. The molecule has 0 bridgehead atoms. The predicted octanol–water partition coefficient (Wildman–Crippen LogP) is 0.0218. The number of nitrogens with one attached hydrogen (secondary N) is 2. The van der Waals surface area contributed by atoms with Crippen LogP contribution >= 0.6 is 0 Å². The summed E-state index contributed by atoms with van der Waals surface area (Å²) in [6, 6.07) is -0.831. The van der Waals surface area contributed by atoms with Crippen molar-refractivity contribution in [2.24, 2.45) is 11.1 Å². The van der Waals surface area contributed by atoms with Gasteiger partial charge in [-0.3, -0.25) is 28.9 Å². The van der Waals surface area contributed by atoms with Crippen molar-refractivity contribution in [1.82, 2.24) is 15.5 Å². The van der Waals surface area contributed by atoms with E-state index in [1.54, 1.807) is 13.8 Å². The van der Waals surface area contributed by atoms with Gasteiger partial charge in [0.1, 0.15) is 12.6 Å². The Morgan fingerprint density at radius 2 is 1.70 bits per heavy atom. The van der Waals surface area contributed by atoms with Crippen LogP contribution in [0.5, 0.6) is 0 Å². The zero-order valence-corrected chi connectivity index (χ0v) is 15.4. The van der Waals surface area contributed by atoms with Gasteiger partial charge in [-0.05, 0) is 18.8 Å². The zero-order valence-electron chi connectivity index (χ0n) is 15.4. The van der Waals surface area contributed by atoms with Crippen LogP contribution in [-0.4, -0.2) is 53.6 Å². The molecule has 1 atom stereocenters. The summed E-state index contributed by atoms with van der Waals surface area (Å²) in [6.45, 7) is 3.27. The Morgan fingerprint density at radius 3 is 2.26 bits per heavy atom. The van der Waals surface area contributed by atoms with Gasteiger partial charge in [-0.2, -0.15) is 0 Å². The SMILES string of the molecule is CC(C)C(NC(=O)CCCCCN1C(=O)C=CC1=O)C(=O)NCC(=O)N=O. The average Bonchev–Trinajstić information content (AvgIpc) is 2.95. The van der Waals surface area contributed by atoms with E-state index in [2.05, 4.69) is 15.8 Å². The van der Waals surface area contributed by atoms with Crippen molar-refractivity contribution >= 4 is 29.5 Å². The largest absolute Gasteiger partial charge is 0.345 e. The van der Waals surface area contributed by atoms with Crippen LogP contribution in [0.2, 0.25) is 0 Å². The third-order valence-corrected chi connectivity index (χ3v) is 3.97. The molecule has 1 aliphatic heterocycles. The first-order valence-electron chi connectivity index (χ1n) is 8.73. The molecule has 27 heavy (non-hydrogen) atoms. The summed E-state index contributed by atoms with van der Waals surface area (Å²) in [5, 5.41) is 7.05. The van der Waals surface area contributed by atoms with E-state index in [1.165, 1.54) is 12.2 Å². The maximum Gasteiger partial charge on any atom is 0.305 e. The first-order chi connectivity index (χ1) is 12.8. The first kappa shape index (κ1) is 22.1. The number of hydrogen-bond donors (Lipinski definition) is 2. The fourth-order valence-corrected chi connectivity index (χ4v) is 2.47. The maximum atomic E-state index is 12.0. The first-order valence-corrected chi connectivity index (χ1v) is 8.73. The average molecular weight is 380 g/mol. The fourth-order valence-electron chi connectivity index (χ4n) is 2.47. The lowest BCUT2D eigenvalue weighted by Gasteiger charge is -2.21. The second-order valence-electron chi connectivity index (χ2n) is 6.46. The molecule has 0 aliphatic carbocycles. The molecule has 0 saturated carbocycles. The van der Waals surface area contributed by atoms with Gasteiger partial charge in [0.2, 0.25) is 11.8 Å². The minimum atomic E-state index is -0.998. The summed E-state index contributed by atoms with van der Waals surface area (Å²) in [6.07, 6.45) is 4.40. The summed E-state index contributed by atoms with van der Waals surface area (Å²) < 4.78 is 0. The molecule has 0 aromatic carbocycles. The van der Waals surface area contributed by atoms with Gasteiger partial charge >= 0.3 is 5.91 Å². The number of rotatable bonds is 11. The van der Waals surface area contributed by atoms with Gasteiger partial charge in [0.15, 0.2) is 0 Å². The van der Waals surface area contributed by atoms with Crippen molar-refractivity contribution in [3.05, 3.63) is 17.1 Å². The van der Waals surface area contributed by atoms with Crippen molar-refractivity contribution < 1.29 is 24.0 Å². The fraction of sp³-hybridized carbons (Fsp3) is 0.588. The summed E-state index contributed by atoms with van der Waals surface area (Å²) in [5.41, 5.74) is 0. The van der Waals surface area contributed by atoms with E-state index in [0.717, 1.165) is 4.90 Å². The Hall–Kier alpha value is -2.91. The van der Waals surface area contributed by atoms with Crippen LogP contribution in [0.4, 0.5) is 0 Å². The van der Waals surface area contributed by atoms with E-state index in [0.29, 0.717) is 25.8 Å². The maximum absolute atomic E-state index is 12.0. The normalized spacial score (nSPS) is 14.4. The van der Waals surface area contributed by atoms with Crippen molar-refractivity contribution in [3.8, 4) is 0 Å².